The van der Waals surface area contributed by atoms with Crippen LogP contribution < -0.4 is 14.8 Å². The van der Waals surface area contributed by atoms with E-state index in [4.69, 9.17) is 118 Å². The number of benzene rings is 4. The Kier molecular flexibility index (Phi) is 62.2. The van der Waals surface area contributed by atoms with Crippen LogP contribution in [0.1, 0.15) is 23.1 Å². The van der Waals surface area contributed by atoms with E-state index < -0.39 is 52.8 Å². The van der Waals surface area contributed by atoms with Gasteiger partial charge in [-0.25, -0.2) is 13.2 Å². The minimum absolute atomic E-state index is 0.0684. The first kappa shape index (κ1) is 97.2. The Bertz CT molecular complexity index is 2670. The Labute approximate surface area is 643 Å². The van der Waals surface area contributed by atoms with Crippen LogP contribution in [0, 0.1) is 29.1 Å². The molecule has 0 atom stereocenters. The number of nitrogens with one attached hydrogen (secondary N) is 1. The van der Waals surface area contributed by atoms with E-state index in [1.807, 2.05) is 24.3 Å². The van der Waals surface area contributed by atoms with E-state index >= 15 is 0 Å². The molecule has 0 radical (unpaired) electrons. The van der Waals surface area contributed by atoms with Gasteiger partial charge in [0.2, 0.25) is 34.8 Å². The van der Waals surface area contributed by atoms with Gasteiger partial charge >= 0.3 is 5.97 Å². The lowest BCUT2D eigenvalue weighted by Crippen LogP contribution is -2.46. The zero-order valence-electron chi connectivity index (χ0n) is 63.9. The second-order valence-electron chi connectivity index (χ2n) is 23.0. The molecular formula is C77H118F5NO27. The number of rotatable bonds is 81. The van der Waals surface area contributed by atoms with E-state index in [0.717, 1.165) is 22.4 Å². The normalized spacial score (nSPS) is 11.8. The van der Waals surface area contributed by atoms with E-state index in [9.17, 15) is 26.7 Å². The molecule has 0 aliphatic heterocycles. The first-order valence-electron chi connectivity index (χ1n) is 37.4. The zero-order chi connectivity index (χ0) is 78.2. The highest BCUT2D eigenvalue weighted by Gasteiger charge is 2.36. The second kappa shape index (κ2) is 70.4. The van der Waals surface area contributed by atoms with E-state index in [1.165, 1.54) is 0 Å². The van der Waals surface area contributed by atoms with Crippen molar-refractivity contribution in [1.29, 1.82) is 0 Å². The second-order valence-corrected chi connectivity index (χ2v) is 23.0. The van der Waals surface area contributed by atoms with E-state index in [1.54, 1.807) is 7.11 Å². The fourth-order valence-corrected chi connectivity index (χ4v) is 9.49. The average molecular weight is 1580 g/mol. The molecule has 0 bridgehead atoms. The Morgan fingerprint density at radius 1 is 0.255 bits per heavy atom. The summed E-state index contributed by atoms with van der Waals surface area (Å²) in [6, 6.07) is 29.1. The average Bonchev–Trinajstić information content (AvgIpc) is 0.761. The Morgan fingerprint density at radius 2 is 0.445 bits per heavy atom. The lowest BCUT2D eigenvalue weighted by atomic mass is 9.77. The predicted molar refractivity (Wildman–Crippen MR) is 390 cm³/mol. The Balaban J connectivity index is 0.719. The molecule has 4 aromatic carbocycles. The third-order valence-electron chi connectivity index (χ3n) is 15.0. The summed E-state index contributed by atoms with van der Waals surface area (Å²) in [5.74, 6) is -13.4. The summed E-state index contributed by atoms with van der Waals surface area (Å²) in [5, 5.41) is 3.83. The summed E-state index contributed by atoms with van der Waals surface area (Å²) in [6.45, 7) is 20.6. The van der Waals surface area contributed by atoms with Crippen LogP contribution in [0.2, 0.25) is 0 Å². The minimum Gasteiger partial charge on any atom is -0.497 e. The largest absolute Gasteiger partial charge is 0.497 e. The quantitative estimate of drug-likeness (QED) is 0.00920. The molecule has 0 aromatic heterocycles. The van der Waals surface area contributed by atoms with Crippen LogP contribution >= 0.6 is 0 Å². The van der Waals surface area contributed by atoms with E-state index in [0.29, 0.717) is 297 Å². The van der Waals surface area contributed by atoms with Crippen molar-refractivity contribution in [1.82, 2.24) is 5.32 Å². The molecule has 0 saturated heterocycles. The first-order valence-corrected chi connectivity index (χ1v) is 37.4. The molecule has 0 aliphatic carbocycles. The van der Waals surface area contributed by atoms with Gasteiger partial charge in [0, 0.05) is 6.54 Å². The number of esters is 1. The monoisotopic (exact) mass is 1580 g/mol. The number of halogens is 5. The lowest BCUT2D eigenvalue weighted by molar-refractivity contribution is -0.136. The molecule has 0 unspecified atom stereocenters. The van der Waals surface area contributed by atoms with Crippen LogP contribution in [0.25, 0.3) is 0 Å². The van der Waals surface area contributed by atoms with E-state index in [2.05, 4.69) is 70.7 Å². The Hall–Kier alpha value is -5.20. The standard InChI is InChI=1S/C77H118F5NO27/c1-85-69-14-12-68(13-15-69)77(66-8-4-2-5-9-66,67-10-6-3-7-11-67)83-17-19-87-21-23-89-25-27-91-29-31-93-33-35-95-37-39-97-41-43-99-45-47-101-49-51-103-53-55-105-57-59-107-61-63-109-65-64-108-62-60-106-58-56-104-54-52-102-50-48-100-46-44-98-42-40-96-38-36-94-34-32-92-30-28-90-26-24-88-22-20-86-18-16-70(84)110-76-74(81)72(79)71(78)73(80)75(76)82/h2-15,83H,16-65H2,1H3. The van der Waals surface area contributed by atoms with Crippen LogP contribution in [0.4, 0.5) is 22.0 Å². The van der Waals surface area contributed by atoms with Crippen LogP contribution in [-0.2, 0) is 124 Å². The van der Waals surface area contributed by atoms with Crippen molar-refractivity contribution in [2.75, 3.05) is 331 Å². The highest BCUT2D eigenvalue weighted by Crippen LogP contribution is 2.37. The van der Waals surface area contributed by atoms with Gasteiger partial charge in [-0.3, -0.25) is 10.1 Å². The first-order chi connectivity index (χ1) is 54.3. The van der Waals surface area contributed by atoms with Crippen molar-refractivity contribution in [3.63, 3.8) is 0 Å². The van der Waals surface area contributed by atoms with Crippen molar-refractivity contribution < 1.29 is 150 Å². The van der Waals surface area contributed by atoms with Gasteiger partial charge < -0.3 is 123 Å². The molecule has 0 aliphatic rings. The fraction of sp³-hybridized carbons (Fsp3) is 0.675. The number of carbonyl (C=O) groups is 1. The van der Waals surface area contributed by atoms with Crippen LogP contribution in [0.15, 0.2) is 84.9 Å². The minimum atomic E-state index is -2.35. The van der Waals surface area contributed by atoms with Gasteiger partial charge in [-0.2, -0.15) is 8.78 Å². The van der Waals surface area contributed by atoms with Crippen molar-refractivity contribution in [3.05, 3.63) is 131 Å². The molecule has 28 nitrogen and oxygen atoms in total. The Morgan fingerprint density at radius 3 is 0.664 bits per heavy atom. The molecule has 0 saturated carbocycles. The summed E-state index contributed by atoms with van der Waals surface area (Å²) in [4.78, 5) is 11.7. The van der Waals surface area contributed by atoms with Crippen molar-refractivity contribution in [3.8, 4) is 11.5 Å². The smallest absolute Gasteiger partial charge is 0.313 e. The third-order valence-corrected chi connectivity index (χ3v) is 15.0. The van der Waals surface area contributed by atoms with Crippen LogP contribution in [-0.4, -0.2) is 337 Å². The number of ether oxygens (including phenoxy) is 26. The summed E-state index contributed by atoms with van der Waals surface area (Å²) < 4.78 is 209. The summed E-state index contributed by atoms with van der Waals surface area (Å²) in [7, 11) is 1.68. The zero-order valence-corrected chi connectivity index (χ0v) is 63.9. The van der Waals surface area contributed by atoms with Crippen LogP contribution in [0.5, 0.6) is 11.5 Å². The highest BCUT2D eigenvalue weighted by molar-refractivity contribution is 5.72. The maximum Gasteiger partial charge on any atom is 0.313 e. The molecule has 0 fully saturated rings. The molecule has 1 N–H and O–H groups in total. The predicted octanol–water partition coefficient (Wildman–Crippen LogP) is 6.67. The maximum atomic E-state index is 13.6. The van der Waals surface area contributed by atoms with Gasteiger partial charge in [0.1, 0.15) is 5.75 Å². The topological polar surface area (TPSA) is 269 Å². The number of carbonyl (C=O) groups excluding carboxylic acids is 1. The summed E-state index contributed by atoms with van der Waals surface area (Å²) in [6.07, 6.45) is -0.498. The molecule has 33 heteroatoms. The SMILES string of the molecule is COc1ccc(C(NCCOCCOCCOCCOCCOCCOCCOCCOCCOCCOCCOCCOCCOCCOCCOCCOCCOCCOCCOCCOCCOCCOCCOCCOCCC(=O)Oc2c(F)c(F)c(F)c(F)c2F)(c2ccccc2)c2ccccc2)cc1. The molecule has 628 valence electrons. The van der Waals surface area contributed by atoms with Gasteiger partial charge in [-0.1, -0.05) is 72.8 Å². The van der Waals surface area contributed by atoms with Gasteiger partial charge in [0.15, 0.2) is 0 Å². The van der Waals surface area contributed by atoms with Gasteiger partial charge in [-0.15, -0.1) is 0 Å². The third kappa shape index (κ3) is 48.8. The molecule has 0 amide bonds. The van der Waals surface area contributed by atoms with Crippen LogP contribution in [0.3, 0.4) is 0 Å². The summed E-state index contributed by atoms with van der Waals surface area (Å²) >= 11 is 0. The maximum absolute atomic E-state index is 13.6. The number of methoxy groups -OCH3 is 1. The molecular weight excluding hydrogens is 1470 g/mol. The number of hydrogen-bond donors (Lipinski definition) is 1. The van der Waals surface area contributed by atoms with Crippen molar-refractivity contribution in [2.24, 2.45) is 0 Å². The van der Waals surface area contributed by atoms with Gasteiger partial charge in [0.25, 0.3) is 0 Å². The van der Waals surface area contributed by atoms with Crippen molar-refractivity contribution in [2.45, 2.75) is 12.0 Å². The van der Waals surface area contributed by atoms with Gasteiger partial charge in [-0.05, 0) is 28.8 Å². The van der Waals surface area contributed by atoms with Gasteiger partial charge in [0.05, 0.1) is 336 Å². The lowest BCUT2D eigenvalue weighted by Gasteiger charge is -2.37. The highest BCUT2D eigenvalue weighted by atomic mass is 19.2. The molecule has 0 spiro atoms. The molecule has 110 heavy (non-hydrogen) atoms. The molecule has 0 heterocycles. The molecule has 4 rings (SSSR count). The summed E-state index contributed by atoms with van der Waals surface area (Å²) in [5.41, 5.74) is 2.79. The fourth-order valence-electron chi connectivity index (χ4n) is 9.49. The van der Waals surface area contributed by atoms with E-state index in [-0.39, 0.29) is 26.4 Å². The van der Waals surface area contributed by atoms with Crippen molar-refractivity contribution >= 4 is 5.97 Å². The number of hydrogen-bond acceptors (Lipinski definition) is 28. The molecule has 4 aromatic rings.